The number of carbonyl (C=O) groups excluding carboxylic acids is 1. The van der Waals surface area contributed by atoms with Crippen LogP contribution >= 0.6 is 11.3 Å². The van der Waals surface area contributed by atoms with E-state index in [0.717, 1.165) is 23.7 Å². The minimum Gasteiger partial charge on any atom is -0.497 e. The van der Waals surface area contributed by atoms with Crippen molar-refractivity contribution in [1.29, 1.82) is 5.26 Å². The van der Waals surface area contributed by atoms with E-state index in [4.69, 9.17) is 4.74 Å². The van der Waals surface area contributed by atoms with E-state index >= 15 is 0 Å². The molecule has 6 rings (SSSR count). The second kappa shape index (κ2) is 8.25. The van der Waals surface area contributed by atoms with Crippen LogP contribution in [0.15, 0.2) is 60.1 Å². The van der Waals surface area contributed by atoms with Crippen molar-refractivity contribution in [1.82, 2.24) is 14.8 Å². The van der Waals surface area contributed by atoms with Gasteiger partial charge >= 0.3 is 0 Å². The third-order valence-electron chi connectivity index (χ3n) is 6.70. The predicted molar refractivity (Wildman–Crippen MR) is 133 cm³/mol. The lowest BCUT2D eigenvalue weighted by Crippen LogP contribution is -2.38. The van der Waals surface area contributed by atoms with Crippen molar-refractivity contribution in [3.63, 3.8) is 0 Å². The third-order valence-corrected chi connectivity index (χ3v) is 7.39. The summed E-state index contributed by atoms with van der Waals surface area (Å²) in [5.74, 6) is 0.548. The lowest BCUT2D eigenvalue weighted by molar-refractivity contribution is 0.0973. The SMILES string of the molecule is COc1ccc(-n2nc(C#N)c3c2C(=O)N(c2ccc(C4(Nc5nccs5)CC4)cc2)CC3)cc1. The highest BCUT2D eigenvalue weighted by Gasteiger charge is 2.45. The molecule has 1 fully saturated rings. The number of ether oxygens (including phenoxy) is 1. The van der Waals surface area contributed by atoms with Crippen LogP contribution in [-0.2, 0) is 12.0 Å². The zero-order valence-electron chi connectivity index (χ0n) is 19.1. The molecule has 1 aliphatic heterocycles. The minimum absolute atomic E-state index is 0.0792. The molecule has 0 bridgehead atoms. The zero-order valence-corrected chi connectivity index (χ0v) is 19.9. The summed E-state index contributed by atoms with van der Waals surface area (Å²) in [6.07, 6.45) is 4.47. The first-order chi connectivity index (χ1) is 17.1. The van der Waals surface area contributed by atoms with Crippen LogP contribution in [0.3, 0.4) is 0 Å². The fourth-order valence-electron chi connectivity index (χ4n) is 4.67. The van der Waals surface area contributed by atoms with Crippen molar-refractivity contribution in [2.75, 3.05) is 23.9 Å². The Labute approximate surface area is 206 Å². The van der Waals surface area contributed by atoms with E-state index in [-0.39, 0.29) is 11.4 Å². The maximum atomic E-state index is 13.7. The van der Waals surface area contributed by atoms with E-state index in [1.54, 1.807) is 34.2 Å². The Morgan fingerprint density at radius 2 is 1.86 bits per heavy atom. The number of thiazole rings is 1. The van der Waals surface area contributed by atoms with Gasteiger partial charge in [-0.15, -0.1) is 11.3 Å². The second-order valence-corrected chi connectivity index (χ2v) is 9.59. The van der Waals surface area contributed by atoms with Gasteiger partial charge in [-0.3, -0.25) is 4.79 Å². The molecule has 3 heterocycles. The number of anilines is 2. The third kappa shape index (κ3) is 3.63. The second-order valence-electron chi connectivity index (χ2n) is 8.70. The molecule has 0 radical (unpaired) electrons. The average molecular weight is 483 g/mol. The summed E-state index contributed by atoms with van der Waals surface area (Å²) < 4.78 is 6.82. The molecular formula is C26H22N6O2S. The summed E-state index contributed by atoms with van der Waals surface area (Å²) in [5.41, 5.74) is 4.08. The minimum atomic E-state index is -0.161. The van der Waals surface area contributed by atoms with Gasteiger partial charge in [0.15, 0.2) is 10.8 Å². The number of methoxy groups -OCH3 is 1. The van der Waals surface area contributed by atoms with Gasteiger partial charge in [0.25, 0.3) is 5.91 Å². The molecule has 2 aromatic carbocycles. The van der Waals surface area contributed by atoms with Crippen LogP contribution in [0, 0.1) is 11.3 Å². The number of benzene rings is 2. The first-order valence-electron chi connectivity index (χ1n) is 11.4. The van der Waals surface area contributed by atoms with Crippen molar-refractivity contribution >= 4 is 28.1 Å². The van der Waals surface area contributed by atoms with E-state index in [1.165, 1.54) is 5.56 Å². The molecule has 2 aromatic heterocycles. The van der Waals surface area contributed by atoms with Crippen LogP contribution in [-0.4, -0.2) is 34.3 Å². The highest BCUT2D eigenvalue weighted by Crippen LogP contribution is 2.48. The molecule has 0 spiro atoms. The van der Waals surface area contributed by atoms with Gasteiger partial charge in [-0.1, -0.05) is 12.1 Å². The Morgan fingerprint density at radius 3 is 2.49 bits per heavy atom. The normalized spacial score (nSPS) is 15.9. The van der Waals surface area contributed by atoms with Crippen LogP contribution in [0.25, 0.3) is 5.69 Å². The van der Waals surface area contributed by atoms with Crippen molar-refractivity contribution in [3.8, 4) is 17.5 Å². The van der Waals surface area contributed by atoms with Crippen molar-refractivity contribution in [2.45, 2.75) is 24.8 Å². The number of aromatic nitrogens is 3. The Hall–Kier alpha value is -4.16. The van der Waals surface area contributed by atoms with Gasteiger partial charge in [0.2, 0.25) is 0 Å². The monoisotopic (exact) mass is 482 g/mol. The summed E-state index contributed by atoms with van der Waals surface area (Å²) >= 11 is 1.60. The fourth-order valence-corrected chi connectivity index (χ4v) is 5.29. The van der Waals surface area contributed by atoms with E-state index < -0.39 is 0 Å². The quantitative estimate of drug-likeness (QED) is 0.434. The smallest absolute Gasteiger partial charge is 0.277 e. The number of nitrogens with zero attached hydrogens (tertiary/aromatic N) is 5. The summed E-state index contributed by atoms with van der Waals surface area (Å²) in [7, 11) is 1.60. The summed E-state index contributed by atoms with van der Waals surface area (Å²) in [5, 5.41) is 20.5. The van der Waals surface area contributed by atoms with Crippen LogP contribution in [0.2, 0.25) is 0 Å². The average Bonchev–Trinajstić information content (AvgIpc) is 3.31. The van der Waals surface area contributed by atoms with E-state index in [1.807, 2.05) is 41.8 Å². The van der Waals surface area contributed by atoms with Gasteiger partial charge < -0.3 is 15.0 Å². The summed E-state index contributed by atoms with van der Waals surface area (Å²) in [6.45, 7) is 0.497. The van der Waals surface area contributed by atoms with Crippen molar-refractivity contribution < 1.29 is 9.53 Å². The Bertz CT molecular complexity index is 1430. The zero-order chi connectivity index (χ0) is 24.0. The standard InChI is InChI=1S/C26H22N6O2S/c1-34-20-8-6-19(7-9-20)32-23-21(22(16-27)30-32)10-14-31(24(23)33)18-4-2-17(3-5-18)26(11-12-26)29-25-28-13-15-35-25/h2-9,13,15H,10-12,14H2,1H3,(H,28,29). The van der Waals surface area contributed by atoms with Crippen LogP contribution in [0.1, 0.15) is 40.2 Å². The molecule has 1 N–H and O–H groups in total. The molecule has 2 aliphatic rings. The van der Waals surface area contributed by atoms with Crippen LogP contribution in [0.4, 0.5) is 10.8 Å². The molecule has 1 aliphatic carbocycles. The topological polar surface area (TPSA) is 96.1 Å². The number of hydrogen-bond donors (Lipinski definition) is 1. The predicted octanol–water partition coefficient (Wildman–Crippen LogP) is 4.51. The Balaban J connectivity index is 1.30. The molecule has 0 saturated heterocycles. The first-order valence-corrected chi connectivity index (χ1v) is 12.3. The van der Waals surface area contributed by atoms with Crippen LogP contribution in [0.5, 0.6) is 5.75 Å². The van der Waals surface area contributed by atoms with Gasteiger partial charge in [-0.2, -0.15) is 10.4 Å². The maximum Gasteiger partial charge on any atom is 0.277 e. The number of nitrogens with one attached hydrogen (secondary N) is 1. The van der Waals surface area contributed by atoms with Gasteiger partial charge in [0, 0.05) is 29.4 Å². The molecule has 174 valence electrons. The first kappa shape index (κ1) is 21.4. The lowest BCUT2D eigenvalue weighted by atomic mass is 10.0. The van der Waals surface area contributed by atoms with Gasteiger partial charge in [-0.25, -0.2) is 9.67 Å². The molecular weight excluding hydrogens is 460 g/mol. The molecule has 0 unspecified atom stereocenters. The van der Waals surface area contributed by atoms with E-state index in [0.29, 0.717) is 41.4 Å². The Morgan fingerprint density at radius 1 is 1.11 bits per heavy atom. The van der Waals surface area contributed by atoms with Gasteiger partial charge in [0.05, 0.1) is 18.3 Å². The van der Waals surface area contributed by atoms with Crippen molar-refractivity contribution in [3.05, 3.63) is 82.6 Å². The van der Waals surface area contributed by atoms with E-state index in [9.17, 15) is 10.1 Å². The number of rotatable bonds is 6. The largest absolute Gasteiger partial charge is 0.497 e. The van der Waals surface area contributed by atoms with E-state index in [2.05, 4.69) is 33.6 Å². The highest BCUT2D eigenvalue weighted by atomic mass is 32.1. The Kier molecular flexibility index (Phi) is 5.04. The van der Waals surface area contributed by atoms with Gasteiger partial charge in [0.1, 0.15) is 17.5 Å². The van der Waals surface area contributed by atoms with Crippen LogP contribution < -0.4 is 15.0 Å². The molecule has 1 amide bonds. The number of fused-ring (bicyclic) bond motifs is 1. The molecule has 8 nitrogen and oxygen atoms in total. The summed E-state index contributed by atoms with van der Waals surface area (Å²) in [4.78, 5) is 19.8. The molecule has 1 saturated carbocycles. The van der Waals surface area contributed by atoms with Crippen molar-refractivity contribution in [2.24, 2.45) is 0 Å². The molecule has 35 heavy (non-hydrogen) atoms. The molecule has 0 atom stereocenters. The maximum absolute atomic E-state index is 13.7. The number of nitriles is 1. The van der Waals surface area contributed by atoms with Gasteiger partial charge in [-0.05, 0) is 61.2 Å². The fraction of sp³-hybridized carbons (Fsp3) is 0.231. The number of amides is 1. The number of hydrogen-bond acceptors (Lipinski definition) is 7. The molecule has 9 heteroatoms. The number of carbonyl (C=O) groups is 1. The lowest BCUT2D eigenvalue weighted by Gasteiger charge is -2.28. The summed E-state index contributed by atoms with van der Waals surface area (Å²) in [6, 6.07) is 17.6. The highest BCUT2D eigenvalue weighted by molar-refractivity contribution is 7.13. The molecule has 4 aromatic rings.